The number of benzene rings is 2. The summed E-state index contributed by atoms with van der Waals surface area (Å²) in [5, 5.41) is 14.0. The van der Waals surface area contributed by atoms with Crippen molar-refractivity contribution < 1.29 is 5.11 Å². The Morgan fingerprint density at radius 1 is 0.947 bits per heavy atom. The molecule has 0 saturated heterocycles. The minimum absolute atomic E-state index is 0.310. The summed E-state index contributed by atoms with van der Waals surface area (Å²) in [6.07, 6.45) is 0. The molecule has 0 unspecified atom stereocenters. The van der Waals surface area contributed by atoms with Crippen molar-refractivity contribution in [2.75, 3.05) is 0 Å². The lowest BCUT2D eigenvalue weighted by atomic mass is 10.2. The van der Waals surface area contributed by atoms with Crippen LogP contribution in [0.25, 0.3) is 10.9 Å². The molecular formula is C16H16N2O. The van der Waals surface area contributed by atoms with Crippen molar-refractivity contribution in [3.8, 4) is 5.75 Å². The van der Waals surface area contributed by atoms with Gasteiger partial charge in [-0.05, 0) is 35.2 Å². The summed E-state index contributed by atoms with van der Waals surface area (Å²) in [6, 6.07) is 17.7. The third-order valence-electron chi connectivity index (χ3n) is 3.14. The number of aromatic hydroxyl groups is 1. The monoisotopic (exact) mass is 252 g/mol. The van der Waals surface area contributed by atoms with E-state index in [9.17, 15) is 5.11 Å². The average Bonchev–Trinajstić information content (AvgIpc) is 2.81. The number of para-hydroxylation sites is 1. The molecule has 2 aromatic carbocycles. The zero-order valence-corrected chi connectivity index (χ0v) is 10.6. The van der Waals surface area contributed by atoms with Crippen molar-refractivity contribution >= 4 is 10.9 Å². The molecule has 0 bridgehead atoms. The van der Waals surface area contributed by atoms with Crippen LogP contribution in [0.3, 0.4) is 0 Å². The number of rotatable bonds is 4. The Hall–Kier alpha value is -2.26. The quantitative estimate of drug-likeness (QED) is 0.668. The van der Waals surface area contributed by atoms with E-state index in [4.69, 9.17) is 0 Å². The van der Waals surface area contributed by atoms with Gasteiger partial charge in [-0.3, -0.25) is 0 Å². The number of fused-ring (bicyclic) bond motifs is 1. The molecule has 0 aliphatic rings. The van der Waals surface area contributed by atoms with Crippen LogP contribution in [0.15, 0.2) is 54.6 Å². The van der Waals surface area contributed by atoms with Crippen LogP contribution in [0.4, 0.5) is 0 Å². The third-order valence-corrected chi connectivity index (χ3v) is 3.14. The van der Waals surface area contributed by atoms with E-state index < -0.39 is 0 Å². The SMILES string of the molecule is Oc1cccc(CNCc2cc3ccccc3[nH]2)c1. The topological polar surface area (TPSA) is 48.0 Å². The van der Waals surface area contributed by atoms with Crippen LogP contribution in [0.1, 0.15) is 11.3 Å². The van der Waals surface area contributed by atoms with Gasteiger partial charge in [0.15, 0.2) is 0 Å². The van der Waals surface area contributed by atoms with Crippen molar-refractivity contribution in [1.82, 2.24) is 10.3 Å². The number of nitrogens with one attached hydrogen (secondary N) is 2. The Morgan fingerprint density at radius 2 is 1.84 bits per heavy atom. The van der Waals surface area contributed by atoms with Gasteiger partial charge >= 0.3 is 0 Å². The van der Waals surface area contributed by atoms with Crippen molar-refractivity contribution in [3.05, 3.63) is 65.9 Å². The van der Waals surface area contributed by atoms with Gasteiger partial charge < -0.3 is 15.4 Å². The van der Waals surface area contributed by atoms with Gasteiger partial charge in [0.05, 0.1) is 0 Å². The summed E-state index contributed by atoms with van der Waals surface area (Å²) < 4.78 is 0. The number of phenols is 1. The molecule has 1 heterocycles. The largest absolute Gasteiger partial charge is 0.508 e. The number of hydrogen-bond donors (Lipinski definition) is 3. The van der Waals surface area contributed by atoms with E-state index in [0.717, 1.165) is 24.2 Å². The molecule has 0 radical (unpaired) electrons. The normalized spacial score (nSPS) is 10.9. The van der Waals surface area contributed by atoms with Crippen LogP contribution in [0, 0.1) is 0 Å². The molecular weight excluding hydrogens is 236 g/mol. The van der Waals surface area contributed by atoms with Gasteiger partial charge in [-0.25, -0.2) is 0 Å². The fourth-order valence-corrected chi connectivity index (χ4v) is 2.24. The first-order valence-electron chi connectivity index (χ1n) is 6.36. The van der Waals surface area contributed by atoms with Gasteiger partial charge in [0.1, 0.15) is 5.75 Å². The minimum Gasteiger partial charge on any atom is -0.508 e. The molecule has 3 heteroatoms. The first-order valence-corrected chi connectivity index (χ1v) is 6.36. The maximum atomic E-state index is 9.39. The fourth-order valence-electron chi connectivity index (χ4n) is 2.24. The highest BCUT2D eigenvalue weighted by Crippen LogP contribution is 2.15. The highest BCUT2D eigenvalue weighted by atomic mass is 16.3. The number of H-pyrrole nitrogens is 1. The van der Waals surface area contributed by atoms with Crippen LogP contribution in [0.5, 0.6) is 5.75 Å². The molecule has 0 spiro atoms. The van der Waals surface area contributed by atoms with Crippen LogP contribution in [-0.4, -0.2) is 10.1 Å². The van der Waals surface area contributed by atoms with E-state index in [1.165, 1.54) is 11.1 Å². The van der Waals surface area contributed by atoms with E-state index in [-0.39, 0.29) is 0 Å². The molecule has 1 aromatic heterocycles. The molecule has 3 rings (SSSR count). The Kier molecular flexibility index (Phi) is 3.21. The van der Waals surface area contributed by atoms with Crippen LogP contribution >= 0.6 is 0 Å². The molecule has 0 saturated carbocycles. The van der Waals surface area contributed by atoms with Crippen molar-refractivity contribution in [2.24, 2.45) is 0 Å². The van der Waals surface area contributed by atoms with Gasteiger partial charge in [-0.1, -0.05) is 30.3 Å². The average molecular weight is 252 g/mol. The van der Waals surface area contributed by atoms with E-state index in [2.05, 4.69) is 28.5 Å². The number of aromatic nitrogens is 1. The maximum Gasteiger partial charge on any atom is 0.115 e. The summed E-state index contributed by atoms with van der Waals surface area (Å²) in [5.74, 6) is 0.310. The van der Waals surface area contributed by atoms with E-state index in [0.29, 0.717) is 5.75 Å². The molecule has 0 atom stereocenters. The molecule has 3 N–H and O–H groups in total. The summed E-state index contributed by atoms with van der Waals surface area (Å²) >= 11 is 0. The molecule has 3 nitrogen and oxygen atoms in total. The van der Waals surface area contributed by atoms with Crippen molar-refractivity contribution in [3.63, 3.8) is 0 Å². The van der Waals surface area contributed by atoms with Gasteiger partial charge in [0, 0.05) is 24.3 Å². The summed E-state index contributed by atoms with van der Waals surface area (Å²) in [7, 11) is 0. The molecule has 19 heavy (non-hydrogen) atoms. The lowest BCUT2D eigenvalue weighted by Crippen LogP contribution is -2.12. The summed E-state index contributed by atoms with van der Waals surface area (Å²) in [4.78, 5) is 3.38. The Balaban J connectivity index is 1.63. The van der Waals surface area contributed by atoms with Gasteiger partial charge in [-0.2, -0.15) is 0 Å². The van der Waals surface area contributed by atoms with Crippen LogP contribution in [-0.2, 0) is 13.1 Å². The second kappa shape index (κ2) is 5.16. The predicted octanol–water partition coefficient (Wildman–Crippen LogP) is 3.16. The molecule has 96 valence electrons. The lowest BCUT2D eigenvalue weighted by Gasteiger charge is -2.04. The van der Waals surface area contributed by atoms with Crippen LogP contribution < -0.4 is 5.32 Å². The predicted molar refractivity (Wildman–Crippen MR) is 76.9 cm³/mol. The van der Waals surface area contributed by atoms with Gasteiger partial charge in [0.2, 0.25) is 0 Å². The second-order valence-corrected chi connectivity index (χ2v) is 4.66. The van der Waals surface area contributed by atoms with Crippen LogP contribution in [0.2, 0.25) is 0 Å². The molecule has 0 amide bonds. The highest BCUT2D eigenvalue weighted by Gasteiger charge is 2.00. The first-order chi connectivity index (χ1) is 9.31. The van der Waals surface area contributed by atoms with Gasteiger partial charge in [-0.15, -0.1) is 0 Å². The second-order valence-electron chi connectivity index (χ2n) is 4.66. The third kappa shape index (κ3) is 2.77. The molecule has 0 fully saturated rings. The van der Waals surface area contributed by atoms with E-state index in [1.54, 1.807) is 12.1 Å². The summed E-state index contributed by atoms with van der Waals surface area (Å²) in [5.41, 5.74) is 3.41. The first kappa shape index (κ1) is 11.8. The lowest BCUT2D eigenvalue weighted by molar-refractivity contribution is 0.474. The zero-order chi connectivity index (χ0) is 13.1. The highest BCUT2D eigenvalue weighted by molar-refractivity contribution is 5.80. The zero-order valence-electron chi connectivity index (χ0n) is 10.6. The number of phenolic OH excluding ortho intramolecular Hbond substituents is 1. The Morgan fingerprint density at radius 3 is 2.68 bits per heavy atom. The minimum atomic E-state index is 0.310. The van der Waals surface area contributed by atoms with E-state index in [1.807, 2.05) is 24.3 Å². The standard InChI is InChI=1S/C16H16N2O/c19-15-6-3-4-12(8-15)10-17-11-14-9-13-5-1-2-7-16(13)18-14/h1-9,17-19H,10-11H2. The summed E-state index contributed by atoms with van der Waals surface area (Å²) in [6.45, 7) is 1.52. The smallest absolute Gasteiger partial charge is 0.115 e. The molecule has 0 aliphatic carbocycles. The molecule has 0 aliphatic heterocycles. The number of hydrogen-bond acceptors (Lipinski definition) is 2. The number of aromatic amines is 1. The Labute approximate surface area is 111 Å². The van der Waals surface area contributed by atoms with Crippen molar-refractivity contribution in [1.29, 1.82) is 0 Å². The Bertz CT molecular complexity index is 655. The van der Waals surface area contributed by atoms with E-state index >= 15 is 0 Å². The molecule has 3 aromatic rings. The maximum absolute atomic E-state index is 9.39. The fraction of sp³-hybridized carbons (Fsp3) is 0.125. The van der Waals surface area contributed by atoms with Gasteiger partial charge in [0.25, 0.3) is 0 Å². The van der Waals surface area contributed by atoms with Crippen molar-refractivity contribution in [2.45, 2.75) is 13.1 Å².